The lowest BCUT2D eigenvalue weighted by Gasteiger charge is -2.35. The maximum atomic E-state index is 14.9. The fraction of sp³-hybridized carbons (Fsp3) is 0.438. The number of amides is 4. The van der Waals surface area contributed by atoms with Crippen molar-refractivity contribution < 1.29 is 37.1 Å². The molecular weight excluding hydrogens is 807 g/mol. The Kier molecular flexibility index (Phi) is 11.4. The molecule has 5 atom stereocenters. The average molecular weight is 862 g/mol. The van der Waals surface area contributed by atoms with E-state index in [-0.39, 0.29) is 31.7 Å². The second kappa shape index (κ2) is 16.5. The predicted octanol–water partition coefficient (Wildman–Crippen LogP) is 5.87. The third kappa shape index (κ3) is 8.79. The van der Waals surface area contributed by atoms with Crippen LogP contribution in [0, 0.1) is 17.3 Å². The number of carbonyl (C=O) groups excluding carboxylic acids is 4. The van der Waals surface area contributed by atoms with Crippen LogP contribution in [0.3, 0.4) is 0 Å². The van der Waals surface area contributed by atoms with E-state index in [4.69, 9.17) is 14.5 Å². The SMILES string of the molecule is C=C[C@@H]1C[C@]1(NC(=O)C1C[C@@H](Oc2cc(-c3ccccc3)nc3cc(OC)ccc23)CN1C(=O)C(NC(=O)Cc1ccccc1)C(C)(C)C)C(=O)NS(=O)(=O)C1(CC2CC2)CC1. The van der Waals surface area contributed by atoms with E-state index in [2.05, 4.69) is 21.9 Å². The number of nitrogens with zero attached hydrogens (tertiary/aromatic N) is 2. The minimum atomic E-state index is -4.03. The highest BCUT2D eigenvalue weighted by Gasteiger charge is 2.64. The zero-order chi connectivity index (χ0) is 44.0. The van der Waals surface area contributed by atoms with E-state index in [1.54, 1.807) is 19.3 Å². The maximum absolute atomic E-state index is 14.9. The summed E-state index contributed by atoms with van der Waals surface area (Å²) in [5, 5.41) is 6.55. The lowest BCUT2D eigenvalue weighted by Crippen LogP contribution is -2.60. The fourth-order valence-electron chi connectivity index (χ4n) is 8.75. The highest BCUT2D eigenvalue weighted by molar-refractivity contribution is 7.91. The summed E-state index contributed by atoms with van der Waals surface area (Å²) in [6.45, 7) is 9.36. The largest absolute Gasteiger partial charge is 0.497 e. The van der Waals surface area contributed by atoms with E-state index in [1.807, 2.05) is 99.6 Å². The summed E-state index contributed by atoms with van der Waals surface area (Å²) in [5.74, 6) is -1.40. The van der Waals surface area contributed by atoms with Crippen LogP contribution in [0.5, 0.6) is 11.5 Å². The van der Waals surface area contributed by atoms with Gasteiger partial charge < -0.3 is 25.0 Å². The molecular formula is C48H55N5O8S. The van der Waals surface area contributed by atoms with E-state index in [1.165, 1.54) is 4.90 Å². The quantitative estimate of drug-likeness (QED) is 0.117. The number of nitrogens with one attached hydrogen (secondary N) is 3. The Morgan fingerprint density at radius 3 is 2.29 bits per heavy atom. The number of likely N-dealkylation sites (tertiary alicyclic amines) is 1. The van der Waals surface area contributed by atoms with Crippen LogP contribution >= 0.6 is 0 Å². The molecule has 3 N–H and O–H groups in total. The Labute approximate surface area is 363 Å². The lowest BCUT2D eigenvalue weighted by atomic mass is 9.85. The standard InChI is InChI=1S/C48H55N5O8S/c1-6-33-28-48(33,45(57)52-62(58,59)47(21-22-47)27-31-17-18-31)51-43(55)39-25-35(29-53(39)44(56)42(46(2,3)4)50-41(54)23-30-13-9-7-10-14-30)61-40-26-37(32-15-11-8-12-16-32)49-38-24-34(60-5)19-20-36(38)40/h6-16,19-20,24,26,31,33,35,39,42H,1,17-18,21-23,25,27-29H2,2-5H3,(H,50,54)(H,51,55)(H,52,57)/t33-,35-,39?,42?,48-/m1/s1. The highest BCUT2D eigenvalue weighted by Crippen LogP contribution is 2.53. The first-order valence-electron chi connectivity index (χ1n) is 21.4. The molecule has 2 heterocycles. The van der Waals surface area contributed by atoms with Crippen molar-refractivity contribution in [2.24, 2.45) is 17.3 Å². The summed E-state index contributed by atoms with van der Waals surface area (Å²) in [5.41, 5.74) is 0.538. The van der Waals surface area contributed by atoms with Crippen molar-refractivity contribution in [1.29, 1.82) is 0 Å². The van der Waals surface area contributed by atoms with Gasteiger partial charge in [-0.05, 0) is 54.7 Å². The number of hydrogen-bond acceptors (Lipinski definition) is 9. The van der Waals surface area contributed by atoms with Crippen LogP contribution in [-0.4, -0.2) is 84.1 Å². The molecule has 14 heteroatoms. The van der Waals surface area contributed by atoms with Gasteiger partial charge in [-0.2, -0.15) is 0 Å². The molecule has 62 heavy (non-hydrogen) atoms. The van der Waals surface area contributed by atoms with Crippen molar-refractivity contribution in [3.8, 4) is 22.8 Å². The number of hydrogen-bond donors (Lipinski definition) is 3. The van der Waals surface area contributed by atoms with Gasteiger partial charge in [-0.3, -0.25) is 23.9 Å². The predicted molar refractivity (Wildman–Crippen MR) is 235 cm³/mol. The summed E-state index contributed by atoms with van der Waals surface area (Å²) in [6, 6.07) is 23.9. The molecule has 3 saturated carbocycles. The Morgan fingerprint density at radius 2 is 1.68 bits per heavy atom. The van der Waals surface area contributed by atoms with Crippen LogP contribution in [0.1, 0.15) is 71.3 Å². The van der Waals surface area contributed by atoms with Crippen molar-refractivity contribution >= 4 is 44.6 Å². The Bertz CT molecular complexity index is 2500. The number of pyridine rings is 1. The number of rotatable bonds is 16. The maximum Gasteiger partial charge on any atom is 0.259 e. The first kappa shape index (κ1) is 42.9. The molecule has 4 aromatic rings. The Morgan fingerprint density at radius 1 is 0.984 bits per heavy atom. The molecule has 3 aliphatic carbocycles. The second-order valence-corrected chi connectivity index (χ2v) is 20.6. The smallest absolute Gasteiger partial charge is 0.259 e. The van der Waals surface area contributed by atoms with Crippen LogP contribution in [-0.2, 0) is 35.6 Å². The van der Waals surface area contributed by atoms with Crippen molar-refractivity contribution in [2.45, 2.75) is 101 Å². The molecule has 2 unspecified atom stereocenters. The van der Waals surface area contributed by atoms with Crippen LogP contribution in [0.4, 0.5) is 0 Å². The molecule has 1 aromatic heterocycles. The van der Waals surface area contributed by atoms with E-state index in [9.17, 15) is 27.6 Å². The summed E-state index contributed by atoms with van der Waals surface area (Å²) in [6.07, 6.45) is 4.51. The van der Waals surface area contributed by atoms with Gasteiger partial charge in [-0.1, -0.05) is 100 Å². The molecule has 1 saturated heterocycles. The van der Waals surface area contributed by atoms with Gasteiger partial charge in [0.1, 0.15) is 35.2 Å². The number of carbonyl (C=O) groups is 4. The van der Waals surface area contributed by atoms with Gasteiger partial charge in [0.05, 0.1) is 36.0 Å². The molecule has 13 nitrogen and oxygen atoms in total. The number of fused-ring (bicyclic) bond motifs is 1. The molecule has 0 spiro atoms. The van der Waals surface area contributed by atoms with Gasteiger partial charge in [-0.15, -0.1) is 6.58 Å². The number of benzene rings is 3. The van der Waals surface area contributed by atoms with E-state index in [0.717, 1.165) is 24.0 Å². The molecule has 326 valence electrons. The van der Waals surface area contributed by atoms with E-state index < -0.39 is 67.6 Å². The third-order valence-corrected chi connectivity index (χ3v) is 15.0. The Hall–Kier alpha value is -5.76. The first-order chi connectivity index (χ1) is 29.5. The van der Waals surface area contributed by atoms with Crippen molar-refractivity contribution in [3.05, 3.63) is 103 Å². The summed E-state index contributed by atoms with van der Waals surface area (Å²) in [7, 11) is -2.45. The number of aromatic nitrogens is 1. The fourth-order valence-corrected chi connectivity index (χ4v) is 10.5. The second-order valence-electron chi connectivity index (χ2n) is 18.5. The van der Waals surface area contributed by atoms with Gasteiger partial charge in [0, 0.05) is 35.4 Å². The molecule has 8 rings (SSSR count). The monoisotopic (exact) mass is 861 g/mol. The molecule has 4 aliphatic rings. The minimum absolute atomic E-state index is 0.0269. The van der Waals surface area contributed by atoms with Gasteiger partial charge in [-0.25, -0.2) is 13.4 Å². The van der Waals surface area contributed by atoms with E-state index >= 15 is 0 Å². The minimum Gasteiger partial charge on any atom is -0.497 e. The summed E-state index contributed by atoms with van der Waals surface area (Å²) >= 11 is 0. The molecule has 0 radical (unpaired) electrons. The van der Waals surface area contributed by atoms with Gasteiger partial charge in [0.25, 0.3) is 5.91 Å². The normalized spacial score (nSPS) is 23.2. The van der Waals surface area contributed by atoms with Crippen LogP contribution < -0.4 is 24.8 Å². The van der Waals surface area contributed by atoms with Gasteiger partial charge in [0.2, 0.25) is 27.7 Å². The van der Waals surface area contributed by atoms with Crippen molar-refractivity contribution in [1.82, 2.24) is 25.2 Å². The number of sulfonamides is 1. The lowest BCUT2D eigenvalue weighted by molar-refractivity contribution is -0.144. The highest BCUT2D eigenvalue weighted by atomic mass is 32.2. The van der Waals surface area contributed by atoms with E-state index in [0.29, 0.717) is 53.3 Å². The molecule has 0 bridgehead atoms. The van der Waals surface area contributed by atoms with Crippen LogP contribution in [0.15, 0.2) is 97.6 Å². The molecule has 4 fully saturated rings. The zero-order valence-electron chi connectivity index (χ0n) is 35.7. The van der Waals surface area contributed by atoms with Crippen LogP contribution in [0.2, 0.25) is 0 Å². The number of methoxy groups -OCH3 is 1. The first-order valence-corrected chi connectivity index (χ1v) is 22.9. The number of ether oxygens (including phenoxy) is 2. The summed E-state index contributed by atoms with van der Waals surface area (Å²) in [4.78, 5) is 63.6. The van der Waals surface area contributed by atoms with Gasteiger partial charge >= 0.3 is 0 Å². The molecule has 3 aromatic carbocycles. The molecule has 4 amide bonds. The molecule has 1 aliphatic heterocycles. The van der Waals surface area contributed by atoms with Crippen LogP contribution in [0.25, 0.3) is 22.2 Å². The third-order valence-electron chi connectivity index (χ3n) is 12.8. The summed E-state index contributed by atoms with van der Waals surface area (Å²) < 4.78 is 41.0. The average Bonchev–Trinajstić information content (AvgIpc) is 4.20. The zero-order valence-corrected chi connectivity index (χ0v) is 36.5. The van der Waals surface area contributed by atoms with Gasteiger partial charge in [0.15, 0.2) is 0 Å². The topological polar surface area (TPSA) is 173 Å². The van der Waals surface area contributed by atoms with Crippen molar-refractivity contribution in [2.75, 3.05) is 13.7 Å². The van der Waals surface area contributed by atoms with Crippen molar-refractivity contribution in [3.63, 3.8) is 0 Å². The Balaban J connectivity index is 1.10.